The van der Waals surface area contributed by atoms with Crippen molar-refractivity contribution in [3.05, 3.63) is 30.1 Å². The third-order valence-electron chi connectivity index (χ3n) is 3.60. The summed E-state index contributed by atoms with van der Waals surface area (Å²) in [6.07, 6.45) is 0.700. The van der Waals surface area contributed by atoms with Gasteiger partial charge in [0.05, 0.1) is 12.0 Å². The van der Waals surface area contributed by atoms with Gasteiger partial charge in [-0.1, -0.05) is 6.92 Å². The number of benzene rings is 1. The van der Waals surface area contributed by atoms with Crippen molar-refractivity contribution in [1.29, 1.82) is 0 Å². The second-order valence-electron chi connectivity index (χ2n) is 5.15. The first-order valence-corrected chi connectivity index (χ1v) is 6.77. The average Bonchev–Trinajstić information content (AvgIpc) is 2.47. The second kappa shape index (κ2) is 7.24. The third-order valence-corrected chi connectivity index (χ3v) is 3.60. The summed E-state index contributed by atoms with van der Waals surface area (Å²) in [6, 6.07) is 5.81. The van der Waals surface area contributed by atoms with Gasteiger partial charge in [0.25, 0.3) is 0 Å². The molecule has 5 heteroatoms. The van der Waals surface area contributed by atoms with Gasteiger partial charge in [-0.15, -0.1) is 0 Å². The molecule has 0 spiro atoms. The van der Waals surface area contributed by atoms with Crippen LogP contribution in [0.2, 0.25) is 0 Å². The van der Waals surface area contributed by atoms with Crippen molar-refractivity contribution in [3.8, 4) is 5.75 Å². The quantitative estimate of drug-likeness (QED) is 0.832. The predicted molar refractivity (Wildman–Crippen MR) is 77.0 cm³/mol. The first kappa shape index (κ1) is 16.4. The number of hydrogen-bond acceptors (Lipinski definition) is 3. The summed E-state index contributed by atoms with van der Waals surface area (Å²) in [4.78, 5) is 13.9. The molecule has 0 aliphatic heterocycles. The van der Waals surface area contributed by atoms with E-state index in [1.165, 1.54) is 12.1 Å². The highest BCUT2D eigenvalue weighted by molar-refractivity contribution is 5.82. The predicted octanol–water partition coefficient (Wildman–Crippen LogP) is 2.04. The summed E-state index contributed by atoms with van der Waals surface area (Å²) in [5, 5.41) is 0. The molecule has 4 nitrogen and oxygen atoms in total. The van der Waals surface area contributed by atoms with E-state index in [4.69, 9.17) is 10.5 Å². The van der Waals surface area contributed by atoms with Crippen LogP contribution >= 0.6 is 0 Å². The van der Waals surface area contributed by atoms with Crippen LogP contribution in [0.25, 0.3) is 0 Å². The molecule has 1 rings (SSSR count). The van der Waals surface area contributed by atoms with E-state index in [1.54, 1.807) is 24.1 Å². The third kappa shape index (κ3) is 4.20. The Labute approximate surface area is 119 Å². The minimum atomic E-state index is -0.523. The Hall–Kier alpha value is -1.62. The minimum absolute atomic E-state index is 0.0187. The fourth-order valence-electron chi connectivity index (χ4n) is 1.78. The number of likely N-dealkylation sites (N-methyl/N-ethyl adjacent to an activating group) is 1. The number of nitrogens with two attached hydrogens (primary N) is 1. The molecule has 0 aromatic heterocycles. The molecule has 0 radical (unpaired) electrons. The standard InChI is InChI=1S/C15H23FN2O2/c1-4-15(2,11-17)14(19)18(3)9-10-20-13-7-5-12(16)6-8-13/h5-8H,4,9-11,17H2,1-3H3. The van der Waals surface area contributed by atoms with Gasteiger partial charge in [-0.3, -0.25) is 4.79 Å². The molecular weight excluding hydrogens is 259 g/mol. The lowest BCUT2D eigenvalue weighted by atomic mass is 9.86. The van der Waals surface area contributed by atoms with Gasteiger partial charge in [0.1, 0.15) is 18.2 Å². The summed E-state index contributed by atoms with van der Waals surface area (Å²) in [5.41, 5.74) is 5.15. The topological polar surface area (TPSA) is 55.6 Å². The molecule has 1 unspecified atom stereocenters. The summed E-state index contributed by atoms with van der Waals surface area (Å²) < 4.78 is 18.2. The van der Waals surface area contributed by atoms with Crippen molar-refractivity contribution in [1.82, 2.24) is 4.90 Å². The fourth-order valence-corrected chi connectivity index (χ4v) is 1.78. The lowest BCUT2D eigenvalue weighted by molar-refractivity contribution is -0.139. The zero-order valence-corrected chi connectivity index (χ0v) is 12.4. The monoisotopic (exact) mass is 282 g/mol. The van der Waals surface area contributed by atoms with E-state index in [1.807, 2.05) is 13.8 Å². The van der Waals surface area contributed by atoms with E-state index < -0.39 is 5.41 Å². The molecule has 0 aliphatic carbocycles. The molecule has 20 heavy (non-hydrogen) atoms. The lowest BCUT2D eigenvalue weighted by Gasteiger charge is -2.30. The smallest absolute Gasteiger partial charge is 0.229 e. The molecule has 0 fully saturated rings. The molecule has 0 bridgehead atoms. The number of amides is 1. The Morgan fingerprint density at radius 3 is 2.50 bits per heavy atom. The van der Waals surface area contributed by atoms with Gasteiger partial charge in [-0.25, -0.2) is 4.39 Å². The molecule has 2 N–H and O–H groups in total. The number of carbonyl (C=O) groups excluding carboxylic acids is 1. The molecule has 1 aromatic carbocycles. The van der Waals surface area contributed by atoms with Crippen LogP contribution in [0.1, 0.15) is 20.3 Å². The van der Waals surface area contributed by atoms with Gasteiger partial charge in [0, 0.05) is 13.6 Å². The average molecular weight is 282 g/mol. The van der Waals surface area contributed by atoms with Crippen LogP contribution in [0, 0.1) is 11.2 Å². The van der Waals surface area contributed by atoms with Crippen LogP contribution in [-0.4, -0.2) is 37.6 Å². The Balaban J connectivity index is 2.45. The van der Waals surface area contributed by atoms with Crippen molar-refractivity contribution in [2.45, 2.75) is 20.3 Å². The van der Waals surface area contributed by atoms with Crippen LogP contribution in [0.5, 0.6) is 5.75 Å². The SMILES string of the molecule is CCC(C)(CN)C(=O)N(C)CCOc1ccc(F)cc1. The van der Waals surface area contributed by atoms with Crippen molar-refractivity contribution in [2.24, 2.45) is 11.1 Å². The summed E-state index contributed by atoms with van der Waals surface area (Å²) in [6.45, 7) is 4.97. The van der Waals surface area contributed by atoms with Gasteiger partial charge in [-0.05, 0) is 37.6 Å². The molecule has 0 saturated carbocycles. The van der Waals surface area contributed by atoms with Gasteiger partial charge in [0.15, 0.2) is 0 Å². The maximum Gasteiger partial charge on any atom is 0.229 e. The van der Waals surface area contributed by atoms with Gasteiger partial charge in [-0.2, -0.15) is 0 Å². The molecule has 0 saturated heterocycles. The fraction of sp³-hybridized carbons (Fsp3) is 0.533. The molecule has 0 aliphatic rings. The maximum absolute atomic E-state index is 12.7. The normalized spacial score (nSPS) is 13.7. The van der Waals surface area contributed by atoms with Crippen LogP contribution < -0.4 is 10.5 Å². The summed E-state index contributed by atoms with van der Waals surface area (Å²) >= 11 is 0. The number of rotatable bonds is 7. The maximum atomic E-state index is 12.7. The second-order valence-corrected chi connectivity index (χ2v) is 5.15. The molecule has 0 heterocycles. The summed E-state index contributed by atoms with van der Waals surface area (Å²) in [7, 11) is 1.74. The number of carbonyl (C=O) groups is 1. The Bertz CT molecular complexity index is 430. The van der Waals surface area contributed by atoms with Crippen molar-refractivity contribution < 1.29 is 13.9 Å². The molecule has 1 atom stereocenters. The van der Waals surface area contributed by atoms with Crippen LogP contribution in [0.3, 0.4) is 0 Å². The highest BCUT2D eigenvalue weighted by Crippen LogP contribution is 2.21. The van der Waals surface area contributed by atoms with E-state index in [0.717, 1.165) is 0 Å². The molecular formula is C15H23FN2O2. The van der Waals surface area contributed by atoms with Crippen molar-refractivity contribution >= 4 is 5.91 Å². The van der Waals surface area contributed by atoms with Gasteiger partial charge < -0.3 is 15.4 Å². The first-order valence-electron chi connectivity index (χ1n) is 6.77. The van der Waals surface area contributed by atoms with Gasteiger partial charge in [0.2, 0.25) is 5.91 Å². The highest BCUT2D eigenvalue weighted by atomic mass is 19.1. The number of halogens is 1. The van der Waals surface area contributed by atoms with E-state index >= 15 is 0 Å². The van der Waals surface area contributed by atoms with Crippen molar-refractivity contribution in [3.63, 3.8) is 0 Å². The zero-order valence-electron chi connectivity index (χ0n) is 12.4. The molecule has 1 amide bonds. The van der Waals surface area contributed by atoms with Crippen LogP contribution in [-0.2, 0) is 4.79 Å². The van der Waals surface area contributed by atoms with E-state index in [2.05, 4.69) is 0 Å². The lowest BCUT2D eigenvalue weighted by Crippen LogP contribution is -2.45. The minimum Gasteiger partial charge on any atom is -0.492 e. The van der Waals surface area contributed by atoms with E-state index in [-0.39, 0.29) is 11.7 Å². The Morgan fingerprint density at radius 1 is 1.40 bits per heavy atom. The van der Waals surface area contributed by atoms with Crippen LogP contribution in [0.4, 0.5) is 4.39 Å². The summed E-state index contributed by atoms with van der Waals surface area (Å²) in [5.74, 6) is 0.306. The Morgan fingerprint density at radius 2 is 2.00 bits per heavy atom. The largest absolute Gasteiger partial charge is 0.492 e. The van der Waals surface area contributed by atoms with E-state index in [9.17, 15) is 9.18 Å². The van der Waals surface area contributed by atoms with Crippen LogP contribution in [0.15, 0.2) is 24.3 Å². The first-order chi connectivity index (χ1) is 9.42. The molecule has 1 aromatic rings. The number of nitrogens with zero attached hydrogens (tertiary/aromatic N) is 1. The highest BCUT2D eigenvalue weighted by Gasteiger charge is 2.32. The van der Waals surface area contributed by atoms with Crippen molar-refractivity contribution in [2.75, 3.05) is 26.7 Å². The molecule has 112 valence electrons. The number of hydrogen-bond donors (Lipinski definition) is 1. The Kier molecular flexibility index (Phi) is 5.95. The zero-order chi connectivity index (χ0) is 15.2. The van der Waals surface area contributed by atoms with Gasteiger partial charge >= 0.3 is 0 Å². The van der Waals surface area contributed by atoms with E-state index in [0.29, 0.717) is 31.9 Å². The number of ether oxygens (including phenoxy) is 1.